The van der Waals surface area contributed by atoms with Gasteiger partial charge < -0.3 is 4.74 Å². The van der Waals surface area contributed by atoms with Gasteiger partial charge in [-0.05, 0) is 12.0 Å². The monoisotopic (exact) mass is 277 g/mol. The molecule has 1 rings (SSSR count). The van der Waals surface area contributed by atoms with E-state index in [9.17, 15) is 10.1 Å². The molecule has 0 heterocycles. The Bertz CT molecular complexity index is 454. The number of benzene rings is 1. The Balaban J connectivity index is 2.48. The Kier molecular flexibility index (Phi) is 7.25. The summed E-state index contributed by atoms with van der Waals surface area (Å²) in [7, 11) is 1.65. The first-order chi connectivity index (χ1) is 9.67. The average Bonchev–Trinajstić information content (AvgIpc) is 2.47. The fourth-order valence-corrected chi connectivity index (χ4v) is 1.84. The van der Waals surface area contributed by atoms with E-state index in [0.29, 0.717) is 19.6 Å². The van der Waals surface area contributed by atoms with Crippen molar-refractivity contribution in [2.24, 2.45) is 0 Å². The molecule has 1 aromatic rings. The van der Waals surface area contributed by atoms with Gasteiger partial charge in [0.25, 0.3) is 5.69 Å². The molecule has 6 nitrogen and oxygen atoms in total. The van der Waals surface area contributed by atoms with Gasteiger partial charge in [-0.3, -0.25) is 15.0 Å². The number of nitro groups is 1. The van der Waals surface area contributed by atoms with E-state index in [1.54, 1.807) is 19.2 Å². The largest absolute Gasteiger partial charge is 0.383 e. The first kappa shape index (κ1) is 16.1. The van der Waals surface area contributed by atoms with Crippen molar-refractivity contribution < 1.29 is 9.66 Å². The Morgan fingerprint density at radius 2 is 2.00 bits per heavy atom. The molecule has 6 heteroatoms. The van der Waals surface area contributed by atoms with Crippen molar-refractivity contribution in [2.45, 2.75) is 12.8 Å². The van der Waals surface area contributed by atoms with Crippen molar-refractivity contribution in [1.29, 1.82) is 5.26 Å². The van der Waals surface area contributed by atoms with E-state index in [1.807, 2.05) is 0 Å². The summed E-state index contributed by atoms with van der Waals surface area (Å²) in [5.41, 5.74) is 1.16. The molecule has 20 heavy (non-hydrogen) atoms. The molecule has 0 unspecified atom stereocenters. The Labute approximate surface area is 118 Å². The molecule has 0 amide bonds. The summed E-state index contributed by atoms with van der Waals surface area (Å²) in [6, 6.07) is 8.72. The molecule has 0 aliphatic carbocycles. The summed E-state index contributed by atoms with van der Waals surface area (Å²) < 4.78 is 5.05. The molecule has 0 atom stereocenters. The van der Waals surface area contributed by atoms with E-state index in [2.05, 4.69) is 11.0 Å². The summed E-state index contributed by atoms with van der Waals surface area (Å²) in [5.74, 6) is 0. The van der Waals surface area contributed by atoms with Crippen LogP contribution in [0.1, 0.15) is 12.0 Å². The highest BCUT2D eigenvalue weighted by Gasteiger charge is 2.07. The number of nitrogens with zero attached hydrogens (tertiary/aromatic N) is 3. The zero-order valence-electron chi connectivity index (χ0n) is 11.6. The highest BCUT2D eigenvalue weighted by molar-refractivity contribution is 5.32. The molecule has 0 fully saturated rings. The normalized spacial score (nSPS) is 10.4. The van der Waals surface area contributed by atoms with Crippen LogP contribution >= 0.6 is 0 Å². The predicted molar refractivity (Wildman–Crippen MR) is 75.3 cm³/mol. The Hall–Kier alpha value is -1.97. The molecule has 0 saturated carbocycles. The molecular formula is C14H19N3O3. The maximum Gasteiger partial charge on any atom is 0.269 e. The molecule has 0 aliphatic heterocycles. The number of hydrogen-bond acceptors (Lipinski definition) is 5. The highest BCUT2D eigenvalue weighted by Crippen LogP contribution is 2.12. The van der Waals surface area contributed by atoms with Crippen LogP contribution in [0, 0.1) is 21.4 Å². The van der Waals surface area contributed by atoms with Gasteiger partial charge in [0.1, 0.15) is 0 Å². The standard InChI is InChI=1S/C14H19N3O3/c1-20-12-11-16(9-2-8-15)10-7-13-3-5-14(6-4-13)17(18)19/h3-6H,2,7,9-12H2,1H3. The predicted octanol–water partition coefficient (Wildman–Crippen LogP) is 2.00. The number of ether oxygens (including phenoxy) is 1. The summed E-state index contributed by atoms with van der Waals surface area (Å²) in [6.07, 6.45) is 1.29. The quantitative estimate of drug-likeness (QED) is 0.509. The van der Waals surface area contributed by atoms with Gasteiger partial charge >= 0.3 is 0 Å². The summed E-state index contributed by atoms with van der Waals surface area (Å²) in [5, 5.41) is 19.2. The van der Waals surface area contributed by atoms with Crippen LogP contribution in [-0.4, -0.2) is 43.2 Å². The summed E-state index contributed by atoms with van der Waals surface area (Å²) in [6.45, 7) is 2.94. The van der Waals surface area contributed by atoms with E-state index < -0.39 is 4.92 Å². The third-order valence-electron chi connectivity index (χ3n) is 3.02. The summed E-state index contributed by atoms with van der Waals surface area (Å²) in [4.78, 5) is 12.3. The number of rotatable bonds is 9. The van der Waals surface area contributed by atoms with Crippen molar-refractivity contribution in [3.8, 4) is 6.07 Å². The minimum Gasteiger partial charge on any atom is -0.383 e. The van der Waals surface area contributed by atoms with Gasteiger partial charge in [0.15, 0.2) is 0 Å². The lowest BCUT2D eigenvalue weighted by Crippen LogP contribution is -2.30. The van der Waals surface area contributed by atoms with Gasteiger partial charge in [0, 0.05) is 45.3 Å². The maximum absolute atomic E-state index is 10.6. The SMILES string of the molecule is COCCN(CCC#N)CCc1ccc([N+](=O)[O-])cc1. The second-order valence-corrected chi connectivity index (χ2v) is 4.42. The van der Waals surface area contributed by atoms with Crippen LogP contribution < -0.4 is 0 Å². The fourth-order valence-electron chi connectivity index (χ4n) is 1.84. The minimum atomic E-state index is -0.401. The van der Waals surface area contributed by atoms with Crippen molar-refractivity contribution in [2.75, 3.05) is 33.4 Å². The first-order valence-corrected chi connectivity index (χ1v) is 6.49. The minimum absolute atomic E-state index is 0.106. The maximum atomic E-state index is 10.6. The average molecular weight is 277 g/mol. The molecule has 108 valence electrons. The zero-order chi connectivity index (χ0) is 14.8. The Morgan fingerprint density at radius 1 is 1.30 bits per heavy atom. The van der Waals surface area contributed by atoms with Crippen molar-refractivity contribution in [3.63, 3.8) is 0 Å². The number of hydrogen-bond donors (Lipinski definition) is 0. The molecule has 0 spiro atoms. The third kappa shape index (κ3) is 5.78. The van der Waals surface area contributed by atoms with E-state index in [-0.39, 0.29) is 5.69 Å². The second kappa shape index (κ2) is 9.02. The summed E-state index contributed by atoms with van der Waals surface area (Å²) >= 11 is 0. The number of nitriles is 1. The molecular weight excluding hydrogens is 258 g/mol. The van der Waals surface area contributed by atoms with Gasteiger partial charge in [-0.1, -0.05) is 12.1 Å². The number of non-ortho nitro benzene ring substituents is 1. The lowest BCUT2D eigenvalue weighted by Gasteiger charge is -2.20. The highest BCUT2D eigenvalue weighted by atomic mass is 16.6. The smallest absolute Gasteiger partial charge is 0.269 e. The first-order valence-electron chi connectivity index (χ1n) is 6.49. The molecule has 0 radical (unpaired) electrons. The number of nitro benzene ring substituents is 1. The van der Waals surface area contributed by atoms with Crippen molar-refractivity contribution >= 4 is 5.69 Å². The van der Waals surface area contributed by atoms with Gasteiger partial charge in [0.05, 0.1) is 17.6 Å². The molecule has 0 bridgehead atoms. The zero-order valence-corrected chi connectivity index (χ0v) is 11.6. The van der Waals surface area contributed by atoms with Gasteiger partial charge in [0.2, 0.25) is 0 Å². The van der Waals surface area contributed by atoms with Gasteiger partial charge in [-0.25, -0.2) is 0 Å². The fraction of sp³-hybridized carbons (Fsp3) is 0.500. The molecule has 0 N–H and O–H groups in total. The van der Waals surface area contributed by atoms with E-state index in [0.717, 1.165) is 25.1 Å². The van der Waals surface area contributed by atoms with Crippen LogP contribution in [0.15, 0.2) is 24.3 Å². The third-order valence-corrected chi connectivity index (χ3v) is 3.02. The second-order valence-electron chi connectivity index (χ2n) is 4.42. The molecule has 0 saturated heterocycles. The lowest BCUT2D eigenvalue weighted by molar-refractivity contribution is -0.384. The van der Waals surface area contributed by atoms with Gasteiger partial charge in [-0.2, -0.15) is 5.26 Å². The van der Waals surface area contributed by atoms with E-state index >= 15 is 0 Å². The topological polar surface area (TPSA) is 79.4 Å². The van der Waals surface area contributed by atoms with Crippen molar-refractivity contribution in [1.82, 2.24) is 4.90 Å². The number of methoxy groups -OCH3 is 1. The lowest BCUT2D eigenvalue weighted by atomic mass is 10.1. The molecule has 0 aliphatic rings. The van der Waals surface area contributed by atoms with Crippen LogP contribution in [-0.2, 0) is 11.2 Å². The Morgan fingerprint density at radius 3 is 2.55 bits per heavy atom. The van der Waals surface area contributed by atoms with Crippen molar-refractivity contribution in [3.05, 3.63) is 39.9 Å². The van der Waals surface area contributed by atoms with Crippen LogP contribution in [0.3, 0.4) is 0 Å². The molecule has 1 aromatic carbocycles. The van der Waals surface area contributed by atoms with Crippen LogP contribution in [0.4, 0.5) is 5.69 Å². The molecule has 0 aromatic heterocycles. The van der Waals surface area contributed by atoms with Crippen LogP contribution in [0.5, 0.6) is 0 Å². The van der Waals surface area contributed by atoms with Crippen LogP contribution in [0.2, 0.25) is 0 Å². The van der Waals surface area contributed by atoms with Crippen LogP contribution in [0.25, 0.3) is 0 Å². The van der Waals surface area contributed by atoms with Gasteiger partial charge in [-0.15, -0.1) is 0 Å². The van der Waals surface area contributed by atoms with E-state index in [4.69, 9.17) is 10.00 Å². The van der Waals surface area contributed by atoms with E-state index in [1.165, 1.54) is 12.1 Å².